The highest BCUT2D eigenvalue weighted by molar-refractivity contribution is 5.29. The van der Waals surface area contributed by atoms with Crippen molar-refractivity contribution in [2.24, 2.45) is 5.92 Å². The molecular weight excluding hydrogens is 267 g/mol. The van der Waals surface area contributed by atoms with Crippen molar-refractivity contribution in [2.45, 2.75) is 32.7 Å². The summed E-state index contributed by atoms with van der Waals surface area (Å²) in [6, 6.07) is 5.29. The van der Waals surface area contributed by atoms with Gasteiger partial charge in [-0.15, -0.1) is 0 Å². The zero-order valence-corrected chi connectivity index (χ0v) is 13.2. The van der Waals surface area contributed by atoms with Gasteiger partial charge in [-0.25, -0.2) is 4.39 Å². The molecule has 1 aliphatic rings. The first-order valence-corrected chi connectivity index (χ1v) is 7.98. The summed E-state index contributed by atoms with van der Waals surface area (Å²) in [5.41, 5.74) is 1.02. The molecule has 0 spiro atoms. The summed E-state index contributed by atoms with van der Waals surface area (Å²) in [4.78, 5) is 2.46. The van der Waals surface area contributed by atoms with Gasteiger partial charge in [-0.2, -0.15) is 0 Å². The third-order valence-electron chi connectivity index (χ3n) is 4.14. The van der Waals surface area contributed by atoms with Gasteiger partial charge in [0, 0.05) is 13.1 Å². The van der Waals surface area contributed by atoms with Gasteiger partial charge in [0.1, 0.15) is 0 Å². The Morgan fingerprint density at radius 3 is 2.71 bits per heavy atom. The maximum absolute atomic E-state index is 13.8. The Balaban J connectivity index is 1.96. The number of nitrogens with one attached hydrogen (secondary N) is 1. The first-order chi connectivity index (χ1) is 10.2. The van der Waals surface area contributed by atoms with Gasteiger partial charge in [-0.1, -0.05) is 13.0 Å². The second-order valence-corrected chi connectivity index (χ2v) is 5.90. The standard InChI is InChI=1S/C17H27FN2O/c1-3-10-20(12-14-6-8-19-9-7-14)13-15-4-5-17(21-2)16(18)11-15/h4-5,11,14,19H,3,6-10,12-13H2,1-2H3. The number of ether oxygens (including phenoxy) is 1. The fourth-order valence-corrected chi connectivity index (χ4v) is 3.05. The van der Waals surface area contributed by atoms with Crippen molar-refractivity contribution in [3.63, 3.8) is 0 Å². The molecule has 118 valence electrons. The van der Waals surface area contributed by atoms with E-state index in [0.717, 1.165) is 50.6 Å². The lowest BCUT2D eigenvalue weighted by molar-refractivity contribution is 0.198. The Bertz CT molecular complexity index is 433. The Morgan fingerprint density at radius 2 is 2.10 bits per heavy atom. The van der Waals surface area contributed by atoms with Crippen LogP contribution in [-0.4, -0.2) is 38.2 Å². The maximum atomic E-state index is 13.8. The molecule has 1 aromatic carbocycles. The summed E-state index contributed by atoms with van der Waals surface area (Å²) < 4.78 is 18.8. The molecule has 0 radical (unpaired) electrons. The molecule has 0 unspecified atom stereocenters. The molecule has 1 saturated heterocycles. The SMILES string of the molecule is CCCN(Cc1ccc(OC)c(F)c1)CC1CCNCC1. The average molecular weight is 294 g/mol. The number of methoxy groups -OCH3 is 1. The van der Waals surface area contributed by atoms with Gasteiger partial charge >= 0.3 is 0 Å². The van der Waals surface area contributed by atoms with Crippen molar-refractivity contribution in [3.05, 3.63) is 29.6 Å². The molecule has 2 rings (SSSR count). The quantitative estimate of drug-likeness (QED) is 0.836. The molecule has 3 nitrogen and oxygen atoms in total. The van der Waals surface area contributed by atoms with Crippen molar-refractivity contribution in [2.75, 3.05) is 33.3 Å². The van der Waals surface area contributed by atoms with Crippen molar-refractivity contribution in [1.29, 1.82) is 0 Å². The molecule has 1 N–H and O–H groups in total. The monoisotopic (exact) mass is 294 g/mol. The van der Waals surface area contributed by atoms with Gasteiger partial charge in [0.15, 0.2) is 11.6 Å². The fourth-order valence-electron chi connectivity index (χ4n) is 3.05. The molecule has 1 aliphatic heterocycles. The van der Waals surface area contributed by atoms with E-state index in [1.165, 1.54) is 20.0 Å². The van der Waals surface area contributed by atoms with Crippen LogP contribution < -0.4 is 10.1 Å². The summed E-state index contributed by atoms with van der Waals surface area (Å²) in [5.74, 6) is 0.813. The van der Waals surface area contributed by atoms with E-state index >= 15 is 0 Å². The zero-order valence-electron chi connectivity index (χ0n) is 13.2. The summed E-state index contributed by atoms with van der Waals surface area (Å²) in [5, 5.41) is 3.41. The molecule has 1 heterocycles. The number of halogens is 1. The third-order valence-corrected chi connectivity index (χ3v) is 4.14. The molecule has 1 fully saturated rings. The number of hydrogen-bond acceptors (Lipinski definition) is 3. The van der Waals surface area contributed by atoms with Crippen molar-refractivity contribution in [1.82, 2.24) is 10.2 Å². The Morgan fingerprint density at radius 1 is 1.33 bits per heavy atom. The van der Waals surface area contributed by atoms with E-state index in [1.54, 1.807) is 12.1 Å². The van der Waals surface area contributed by atoms with Crippen LogP contribution in [0.5, 0.6) is 5.75 Å². The largest absolute Gasteiger partial charge is 0.494 e. The fraction of sp³-hybridized carbons (Fsp3) is 0.647. The van der Waals surface area contributed by atoms with Crippen LogP contribution in [0.2, 0.25) is 0 Å². The van der Waals surface area contributed by atoms with Crippen LogP contribution in [0.25, 0.3) is 0 Å². The molecule has 0 aromatic heterocycles. The van der Waals surface area contributed by atoms with Crippen LogP contribution in [0.4, 0.5) is 4.39 Å². The smallest absolute Gasteiger partial charge is 0.165 e. The first kappa shape index (κ1) is 16.2. The minimum atomic E-state index is -0.270. The second-order valence-electron chi connectivity index (χ2n) is 5.90. The second kappa shape index (κ2) is 8.35. The first-order valence-electron chi connectivity index (χ1n) is 7.98. The molecule has 0 atom stereocenters. The third kappa shape index (κ3) is 4.97. The van der Waals surface area contributed by atoms with E-state index in [9.17, 15) is 4.39 Å². The van der Waals surface area contributed by atoms with Crippen LogP contribution >= 0.6 is 0 Å². The topological polar surface area (TPSA) is 24.5 Å². The van der Waals surface area contributed by atoms with Crippen LogP contribution in [0, 0.1) is 11.7 Å². The minimum absolute atomic E-state index is 0.270. The molecule has 21 heavy (non-hydrogen) atoms. The molecule has 0 amide bonds. The van der Waals surface area contributed by atoms with E-state index in [4.69, 9.17) is 4.74 Å². The van der Waals surface area contributed by atoms with Crippen LogP contribution in [0.1, 0.15) is 31.7 Å². The van der Waals surface area contributed by atoms with Crippen LogP contribution in [0.15, 0.2) is 18.2 Å². The van der Waals surface area contributed by atoms with E-state index in [1.807, 2.05) is 6.07 Å². The van der Waals surface area contributed by atoms with Crippen molar-refractivity contribution < 1.29 is 9.13 Å². The molecule has 1 aromatic rings. The lowest BCUT2D eigenvalue weighted by Gasteiger charge is -2.30. The number of hydrogen-bond donors (Lipinski definition) is 1. The van der Waals surface area contributed by atoms with Gasteiger partial charge in [0.25, 0.3) is 0 Å². The number of benzene rings is 1. The highest BCUT2D eigenvalue weighted by Gasteiger charge is 2.17. The Kier molecular flexibility index (Phi) is 6.46. The number of nitrogens with zero attached hydrogens (tertiary/aromatic N) is 1. The van der Waals surface area contributed by atoms with Crippen LogP contribution in [0.3, 0.4) is 0 Å². The van der Waals surface area contributed by atoms with Crippen LogP contribution in [-0.2, 0) is 6.54 Å². The Hall–Kier alpha value is -1.13. The van der Waals surface area contributed by atoms with E-state index in [0.29, 0.717) is 5.75 Å². The predicted octanol–water partition coefficient (Wildman–Crippen LogP) is 3.05. The van der Waals surface area contributed by atoms with Crippen molar-refractivity contribution in [3.8, 4) is 5.75 Å². The summed E-state index contributed by atoms with van der Waals surface area (Å²) in [6.07, 6.45) is 3.62. The zero-order chi connectivity index (χ0) is 15.1. The minimum Gasteiger partial charge on any atom is -0.494 e. The van der Waals surface area contributed by atoms with Crippen molar-refractivity contribution >= 4 is 0 Å². The van der Waals surface area contributed by atoms with E-state index in [-0.39, 0.29) is 5.82 Å². The predicted molar refractivity (Wildman–Crippen MR) is 84.1 cm³/mol. The average Bonchev–Trinajstić information content (AvgIpc) is 2.49. The van der Waals surface area contributed by atoms with E-state index < -0.39 is 0 Å². The number of piperidine rings is 1. The maximum Gasteiger partial charge on any atom is 0.165 e. The molecule has 0 saturated carbocycles. The molecular formula is C17H27FN2O. The lowest BCUT2D eigenvalue weighted by atomic mass is 9.97. The summed E-state index contributed by atoms with van der Waals surface area (Å²) in [6.45, 7) is 7.45. The summed E-state index contributed by atoms with van der Waals surface area (Å²) >= 11 is 0. The van der Waals surface area contributed by atoms with Gasteiger partial charge in [-0.05, 0) is 62.5 Å². The lowest BCUT2D eigenvalue weighted by Crippen LogP contribution is -2.36. The van der Waals surface area contributed by atoms with Gasteiger partial charge in [0.2, 0.25) is 0 Å². The van der Waals surface area contributed by atoms with Gasteiger partial charge in [-0.3, -0.25) is 4.90 Å². The van der Waals surface area contributed by atoms with Gasteiger partial charge < -0.3 is 10.1 Å². The number of rotatable bonds is 7. The van der Waals surface area contributed by atoms with E-state index in [2.05, 4.69) is 17.1 Å². The Labute approximate surface area is 127 Å². The molecule has 0 aliphatic carbocycles. The highest BCUT2D eigenvalue weighted by atomic mass is 19.1. The normalized spacial score (nSPS) is 16.4. The highest BCUT2D eigenvalue weighted by Crippen LogP contribution is 2.20. The molecule has 4 heteroatoms. The summed E-state index contributed by atoms with van der Waals surface area (Å²) in [7, 11) is 1.50. The van der Waals surface area contributed by atoms with Gasteiger partial charge in [0.05, 0.1) is 7.11 Å². The molecule has 0 bridgehead atoms.